The molecular weight excluding hydrogens is 467 g/mol. The van der Waals surface area contributed by atoms with E-state index < -0.39 is 5.31 Å². The van der Waals surface area contributed by atoms with Crippen LogP contribution in [0.5, 0.6) is 11.5 Å². The second-order valence-corrected chi connectivity index (χ2v) is 16.4. The molecule has 0 aliphatic heterocycles. The van der Waals surface area contributed by atoms with Gasteiger partial charge in [0.2, 0.25) is 0 Å². The Morgan fingerprint density at radius 1 is 0.613 bits per heavy atom. The van der Waals surface area contributed by atoms with E-state index in [4.69, 9.17) is 9.47 Å². The molecule has 0 atom stereocenters. The molecule has 0 spiro atoms. The summed E-state index contributed by atoms with van der Waals surface area (Å²) < 4.78 is 11.7. The molecule has 4 aromatic rings. The number of hydrogen-bond acceptors (Lipinski definition) is 2. The maximum absolute atomic E-state index is 6.00. The first-order valence-corrected chi connectivity index (χ1v) is 14.7. The number of rotatable bonds is 7. The minimum atomic E-state index is -3.19. The summed E-state index contributed by atoms with van der Waals surface area (Å²) in [6.45, 7) is 0. The number of halogens is 1. The Bertz CT molecular complexity index is 1110. The molecule has 2 nitrogen and oxygen atoms in total. The van der Waals surface area contributed by atoms with Gasteiger partial charge in [-0.1, -0.05) is 0 Å². The third-order valence-corrected chi connectivity index (χ3v) is 15.2. The van der Waals surface area contributed by atoms with E-state index >= 15 is 0 Å². The summed E-state index contributed by atoms with van der Waals surface area (Å²) in [5.74, 6) is 1.50. The third kappa shape index (κ3) is 3.67. The zero-order valence-corrected chi connectivity index (χ0v) is 20.2. The molecule has 0 fully saturated rings. The summed E-state index contributed by atoms with van der Waals surface area (Å²) >= 11 is 4.50. The van der Waals surface area contributed by atoms with E-state index in [-0.39, 0.29) is 0 Å². The van der Waals surface area contributed by atoms with Crippen molar-refractivity contribution in [2.45, 2.75) is 6.16 Å². The van der Waals surface area contributed by atoms with E-state index in [2.05, 4.69) is 119 Å². The summed E-state index contributed by atoms with van der Waals surface area (Å²) in [5.41, 5.74) is 1.26. The summed E-state index contributed by atoms with van der Waals surface area (Å²) in [7, 11) is 3.40. The second kappa shape index (κ2) is 8.86. The monoisotopic (exact) mass is 492 g/mol. The van der Waals surface area contributed by atoms with Gasteiger partial charge in [0.15, 0.2) is 0 Å². The molecule has 0 saturated heterocycles. The van der Waals surface area contributed by atoms with E-state index in [1.807, 2.05) is 6.07 Å². The van der Waals surface area contributed by atoms with E-state index in [0.717, 1.165) is 23.0 Å². The fourth-order valence-corrected chi connectivity index (χ4v) is 12.4. The van der Waals surface area contributed by atoms with Gasteiger partial charge in [-0.15, -0.1) is 0 Å². The molecule has 0 amide bonds. The normalized spacial score (nSPS) is 12.5. The number of methoxy groups -OCH3 is 2. The Hall–Kier alpha value is -2.61. The van der Waals surface area contributed by atoms with Crippen LogP contribution in [0.3, 0.4) is 0 Å². The van der Waals surface area contributed by atoms with Gasteiger partial charge in [0.1, 0.15) is 0 Å². The van der Waals surface area contributed by atoms with Crippen LogP contribution >= 0.6 is 20.8 Å². The molecule has 31 heavy (non-hydrogen) atoms. The summed E-state index contributed by atoms with van der Waals surface area (Å²) in [5, 5.41) is 0.417. The Balaban J connectivity index is 2.17. The first kappa shape index (κ1) is 21.6. The van der Waals surface area contributed by atoms with E-state index in [9.17, 15) is 0 Å². The van der Waals surface area contributed by atoms with Gasteiger partial charge in [0.05, 0.1) is 0 Å². The third-order valence-electron chi connectivity index (χ3n) is 5.80. The van der Waals surface area contributed by atoms with E-state index in [1.54, 1.807) is 14.2 Å². The fraction of sp³-hybridized carbons (Fsp3) is 0.111. The molecule has 4 heteroatoms. The average molecular weight is 493 g/mol. The van der Waals surface area contributed by atoms with Crippen LogP contribution < -0.4 is 25.4 Å². The van der Waals surface area contributed by atoms with Crippen LogP contribution in [0, 0.1) is 0 Å². The number of para-hydroxylation sites is 1. The minimum absolute atomic E-state index is 0.730. The van der Waals surface area contributed by atoms with Gasteiger partial charge in [-0.3, -0.25) is 0 Å². The summed E-state index contributed by atoms with van der Waals surface area (Å²) in [6.07, 6.45) is 0.810. The average Bonchev–Trinajstić information content (AvgIpc) is 2.85. The van der Waals surface area contributed by atoms with Gasteiger partial charge >= 0.3 is 193 Å². The zero-order chi connectivity index (χ0) is 21.8. The van der Waals surface area contributed by atoms with Crippen molar-refractivity contribution in [2.75, 3.05) is 14.2 Å². The molecule has 0 unspecified atom stereocenters. The predicted molar refractivity (Wildman–Crippen MR) is 137 cm³/mol. The zero-order valence-electron chi connectivity index (χ0n) is 17.7. The standard InChI is InChI=1S/C27H26BrO2P/c1-29-25-19-12-20-26(27(25)30-2)31(28,23-15-8-4-9-16-23,24-17-10-5-11-18-24)21-22-13-6-3-7-14-22/h3-20H,21H2,1-2H3. The molecule has 0 saturated carbocycles. The van der Waals surface area contributed by atoms with E-state index in [0.29, 0.717) is 0 Å². The van der Waals surface area contributed by atoms with Crippen LogP contribution in [-0.2, 0) is 6.16 Å². The van der Waals surface area contributed by atoms with Crippen LogP contribution in [0.25, 0.3) is 0 Å². The van der Waals surface area contributed by atoms with Crippen LogP contribution in [0.15, 0.2) is 109 Å². The van der Waals surface area contributed by atoms with Crippen LogP contribution in [0.1, 0.15) is 5.56 Å². The number of ether oxygens (including phenoxy) is 2. The first-order chi connectivity index (χ1) is 15.1. The van der Waals surface area contributed by atoms with Crippen molar-refractivity contribution in [2.24, 2.45) is 0 Å². The van der Waals surface area contributed by atoms with Gasteiger partial charge in [-0.2, -0.15) is 0 Å². The summed E-state index contributed by atoms with van der Waals surface area (Å²) in [6, 6.07) is 38.3. The fourth-order valence-electron chi connectivity index (χ4n) is 4.34. The topological polar surface area (TPSA) is 18.5 Å². The van der Waals surface area contributed by atoms with Crippen molar-refractivity contribution in [1.29, 1.82) is 0 Å². The van der Waals surface area contributed by atoms with Gasteiger partial charge in [-0.05, 0) is 0 Å². The quantitative estimate of drug-likeness (QED) is 0.292. The predicted octanol–water partition coefficient (Wildman–Crippen LogP) is 6.04. The molecule has 0 aromatic heterocycles. The van der Waals surface area contributed by atoms with Crippen molar-refractivity contribution in [1.82, 2.24) is 0 Å². The Labute approximate surface area is 192 Å². The second-order valence-electron chi connectivity index (χ2n) is 7.51. The molecule has 0 bridgehead atoms. The molecule has 0 aliphatic carbocycles. The molecule has 0 aliphatic rings. The van der Waals surface area contributed by atoms with Gasteiger partial charge in [-0.25, -0.2) is 0 Å². The molecule has 0 N–H and O–H groups in total. The van der Waals surface area contributed by atoms with Gasteiger partial charge in [0, 0.05) is 0 Å². The molecule has 0 heterocycles. The molecule has 4 rings (SSSR count). The Morgan fingerprint density at radius 2 is 1.13 bits per heavy atom. The van der Waals surface area contributed by atoms with Crippen LogP contribution in [0.4, 0.5) is 0 Å². The van der Waals surface area contributed by atoms with E-state index in [1.165, 1.54) is 16.2 Å². The molecule has 0 radical (unpaired) electrons. The first-order valence-electron chi connectivity index (χ1n) is 10.2. The van der Waals surface area contributed by atoms with Crippen LogP contribution in [-0.4, -0.2) is 14.2 Å². The molecular formula is C27H26BrO2P. The maximum atomic E-state index is 6.00. The van der Waals surface area contributed by atoms with Crippen molar-refractivity contribution < 1.29 is 9.47 Å². The Kier molecular flexibility index (Phi) is 6.18. The molecule has 158 valence electrons. The number of benzene rings is 4. The van der Waals surface area contributed by atoms with Crippen LogP contribution in [0.2, 0.25) is 0 Å². The van der Waals surface area contributed by atoms with Gasteiger partial charge in [0.25, 0.3) is 0 Å². The Morgan fingerprint density at radius 3 is 1.61 bits per heavy atom. The SMILES string of the molecule is COc1cccc(P(Br)(Cc2ccccc2)(c2ccccc2)c2ccccc2)c1OC. The van der Waals surface area contributed by atoms with Crippen molar-refractivity contribution in [3.63, 3.8) is 0 Å². The van der Waals surface area contributed by atoms with Crippen molar-refractivity contribution in [3.05, 3.63) is 115 Å². The summed E-state index contributed by atoms with van der Waals surface area (Å²) in [4.78, 5) is 0. The molecule has 4 aromatic carbocycles. The van der Waals surface area contributed by atoms with Crippen molar-refractivity contribution >= 4 is 36.7 Å². The van der Waals surface area contributed by atoms with Crippen molar-refractivity contribution in [3.8, 4) is 11.5 Å². The van der Waals surface area contributed by atoms with Gasteiger partial charge < -0.3 is 0 Å². The number of hydrogen-bond donors (Lipinski definition) is 0.